The van der Waals surface area contributed by atoms with Crippen LogP contribution >= 0.6 is 0 Å². The van der Waals surface area contributed by atoms with Crippen molar-refractivity contribution in [1.29, 1.82) is 0 Å². The van der Waals surface area contributed by atoms with Crippen LogP contribution in [0.15, 0.2) is 60.8 Å². The Balaban J connectivity index is 1.50. The summed E-state index contributed by atoms with van der Waals surface area (Å²) in [6, 6.07) is 15.5. The maximum Gasteiger partial charge on any atom is 0.269 e. The predicted octanol–water partition coefficient (Wildman–Crippen LogP) is 1.64. The highest BCUT2D eigenvalue weighted by Gasteiger charge is 2.17. The summed E-state index contributed by atoms with van der Waals surface area (Å²) >= 11 is 0. The molecule has 0 fully saturated rings. The summed E-state index contributed by atoms with van der Waals surface area (Å²) in [6.07, 6.45) is 0.378. The Morgan fingerprint density at radius 3 is 2.45 bits per heavy atom. The van der Waals surface area contributed by atoms with Crippen LogP contribution in [0.1, 0.15) is 0 Å². The molecule has 1 aromatic heterocycles. The first kappa shape index (κ1) is 22.7. The third kappa shape index (κ3) is 6.50. The second kappa shape index (κ2) is 10.9. The van der Waals surface area contributed by atoms with Crippen molar-refractivity contribution in [2.45, 2.75) is 18.8 Å². The largest absolute Gasteiger partial charge is 0.491 e. The molecule has 0 bridgehead atoms. The number of benzene rings is 2. The van der Waals surface area contributed by atoms with Crippen molar-refractivity contribution in [3.8, 4) is 5.75 Å². The minimum absolute atomic E-state index is 0.0158. The number of nitro benzene ring substituents is 1. The maximum atomic E-state index is 10.7. The SMILES string of the molecule is O=[N+]([O-])c1ccc(OC[C@@H](O)CN(CCO)C[C@@H](O)Cn2ccc3ccccc32)cc1. The summed E-state index contributed by atoms with van der Waals surface area (Å²) in [5, 5.41) is 42.0. The van der Waals surface area contributed by atoms with Gasteiger partial charge in [-0.15, -0.1) is 0 Å². The second-order valence-corrected chi connectivity index (χ2v) is 7.38. The summed E-state index contributed by atoms with van der Waals surface area (Å²) in [5.41, 5.74) is 0.998. The number of rotatable bonds is 12. The molecular weight excluding hydrogens is 402 g/mol. The molecule has 0 aliphatic rings. The van der Waals surface area contributed by atoms with Gasteiger partial charge in [0.05, 0.1) is 17.6 Å². The molecule has 0 unspecified atom stereocenters. The lowest BCUT2D eigenvalue weighted by Gasteiger charge is -2.27. The second-order valence-electron chi connectivity index (χ2n) is 7.38. The number of aliphatic hydroxyl groups excluding tert-OH is 3. The van der Waals surface area contributed by atoms with Crippen LogP contribution in [0.2, 0.25) is 0 Å². The van der Waals surface area contributed by atoms with Crippen molar-refractivity contribution in [1.82, 2.24) is 9.47 Å². The minimum Gasteiger partial charge on any atom is -0.491 e. The number of ether oxygens (including phenoxy) is 1. The normalized spacial score (nSPS) is 13.4. The van der Waals surface area contributed by atoms with Crippen molar-refractivity contribution in [3.05, 3.63) is 70.9 Å². The summed E-state index contributed by atoms with van der Waals surface area (Å²) in [7, 11) is 0. The molecule has 31 heavy (non-hydrogen) atoms. The van der Waals surface area contributed by atoms with Gasteiger partial charge in [-0.1, -0.05) is 18.2 Å². The molecule has 166 valence electrons. The topological polar surface area (TPSA) is 121 Å². The number of hydrogen-bond donors (Lipinski definition) is 3. The number of non-ortho nitro benzene ring substituents is 1. The lowest BCUT2D eigenvalue weighted by molar-refractivity contribution is -0.384. The molecule has 0 spiro atoms. The first-order valence-electron chi connectivity index (χ1n) is 10.1. The van der Waals surface area contributed by atoms with Crippen LogP contribution in [0.25, 0.3) is 10.9 Å². The molecule has 9 nitrogen and oxygen atoms in total. The molecule has 2 atom stereocenters. The number of nitrogens with zero attached hydrogens (tertiary/aromatic N) is 3. The van der Waals surface area contributed by atoms with Crippen molar-refractivity contribution >= 4 is 16.6 Å². The van der Waals surface area contributed by atoms with E-state index in [9.17, 15) is 25.4 Å². The molecule has 3 rings (SSSR count). The van der Waals surface area contributed by atoms with Crippen LogP contribution in [-0.2, 0) is 6.54 Å². The average Bonchev–Trinajstić information content (AvgIpc) is 3.15. The lowest BCUT2D eigenvalue weighted by Crippen LogP contribution is -2.42. The molecule has 0 saturated carbocycles. The van der Waals surface area contributed by atoms with E-state index in [0.29, 0.717) is 18.8 Å². The molecule has 0 saturated heterocycles. The number of nitro groups is 1. The van der Waals surface area contributed by atoms with Gasteiger partial charge in [0, 0.05) is 50.0 Å². The number of aliphatic hydroxyl groups is 3. The Kier molecular flexibility index (Phi) is 7.96. The molecule has 3 N–H and O–H groups in total. The Morgan fingerprint density at radius 2 is 1.74 bits per heavy atom. The van der Waals surface area contributed by atoms with E-state index in [-0.39, 0.29) is 32.0 Å². The van der Waals surface area contributed by atoms with Gasteiger partial charge in [0.1, 0.15) is 18.5 Å². The molecule has 9 heteroatoms. The van der Waals surface area contributed by atoms with Crippen LogP contribution in [0.3, 0.4) is 0 Å². The lowest BCUT2D eigenvalue weighted by atomic mass is 10.2. The molecule has 0 aliphatic heterocycles. The van der Waals surface area contributed by atoms with E-state index < -0.39 is 17.1 Å². The molecule has 3 aromatic rings. The molecule has 1 heterocycles. The van der Waals surface area contributed by atoms with Gasteiger partial charge in [-0.25, -0.2) is 0 Å². The fraction of sp³-hybridized carbons (Fsp3) is 0.364. The van der Waals surface area contributed by atoms with E-state index >= 15 is 0 Å². The Hall–Kier alpha value is -2.98. The first-order valence-corrected chi connectivity index (χ1v) is 10.1. The van der Waals surface area contributed by atoms with Crippen LogP contribution < -0.4 is 4.74 Å². The quantitative estimate of drug-likeness (QED) is 0.296. The highest BCUT2D eigenvalue weighted by Crippen LogP contribution is 2.18. The molecule has 0 amide bonds. The van der Waals surface area contributed by atoms with Gasteiger partial charge in [-0.2, -0.15) is 0 Å². The van der Waals surface area contributed by atoms with Gasteiger partial charge in [0.2, 0.25) is 0 Å². The van der Waals surface area contributed by atoms with Crippen LogP contribution in [0.4, 0.5) is 5.69 Å². The fourth-order valence-corrected chi connectivity index (χ4v) is 3.49. The summed E-state index contributed by atoms with van der Waals surface area (Å²) in [4.78, 5) is 12.0. The number of aromatic nitrogens is 1. The van der Waals surface area contributed by atoms with E-state index in [1.807, 2.05) is 41.1 Å². The van der Waals surface area contributed by atoms with Crippen molar-refractivity contribution < 1.29 is 25.0 Å². The van der Waals surface area contributed by atoms with Gasteiger partial charge in [0.25, 0.3) is 5.69 Å². The Labute approximate surface area is 179 Å². The zero-order valence-electron chi connectivity index (χ0n) is 17.1. The highest BCUT2D eigenvalue weighted by molar-refractivity contribution is 5.79. The average molecular weight is 429 g/mol. The zero-order chi connectivity index (χ0) is 22.2. The summed E-state index contributed by atoms with van der Waals surface area (Å²) in [5.74, 6) is 0.415. The van der Waals surface area contributed by atoms with E-state index in [1.165, 1.54) is 24.3 Å². The number of hydrogen-bond acceptors (Lipinski definition) is 7. The van der Waals surface area contributed by atoms with Crippen LogP contribution in [-0.4, -0.2) is 74.8 Å². The smallest absolute Gasteiger partial charge is 0.269 e. The van der Waals surface area contributed by atoms with E-state index in [4.69, 9.17) is 4.74 Å². The third-order valence-corrected chi connectivity index (χ3v) is 4.93. The van der Waals surface area contributed by atoms with E-state index in [2.05, 4.69) is 0 Å². The van der Waals surface area contributed by atoms with E-state index in [1.54, 1.807) is 4.90 Å². The third-order valence-electron chi connectivity index (χ3n) is 4.93. The molecular formula is C22H27N3O6. The maximum absolute atomic E-state index is 10.7. The van der Waals surface area contributed by atoms with Gasteiger partial charge < -0.3 is 24.6 Å². The number of para-hydroxylation sites is 1. The minimum atomic E-state index is -0.860. The fourth-order valence-electron chi connectivity index (χ4n) is 3.49. The van der Waals surface area contributed by atoms with Crippen LogP contribution in [0.5, 0.6) is 5.75 Å². The van der Waals surface area contributed by atoms with Gasteiger partial charge in [-0.3, -0.25) is 15.0 Å². The number of fused-ring (bicyclic) bond motifs is 1. The summed E-state index contributed by atoms with van der Waals surface area (Å²) in [6.45, 7) is 1.06. The van der Waals surface area contributed by atoms with Crippen molar-refractivity contribution in [2.24, 2.45) is 0 Å². The van der Waals surface area contributed by atoms with Gasteiger partial charge in [-0.05, 0) is 29.7 Å². The Morgan fingerprint density at radius 1 is 1.03 bits per heavy atom. The van der Waals surface area contributed by atoms with E-state index in [0.717, 1.165) is 10.9 Å². The summed E-state index contributed by atoms with van der Waals surface area (Å²) < 4.78 is 7.47. The monoisotopic (exact) mass is 429 g/mol. The van der Waals surface area contributed by atoms with Crippen LogP contribution in [0, 0.1) is 10.1 Å². The molecule has 0 radical (unpaired) electrons. The van der Waals surface area contributed by atoms with Gasteiger partial charge >= 0.3 is 0 Å². The Bertz CT molecular complexity index is 975. The molecule has 2 aromatic carbocycles. The van der Waals surface area contributed by atoms with Crippen molar-refractivity contribution in [3.63, 3.8) is 0 Å². The zero-order valence-corrected chi connectivity index (χ0v) is 17.1. The standard InChI is InChI=1S/C22H27N3O6/c26-12-11-23(13-19(27)15-24-10-9-17-3-1-2-4-22(17)24)14-20(28)16-31-21-7-5-18(6-8-21)25(29)30/h1-10,19-20,26-28H,11-16H2/t19-,20+/m1/s1. The highest BCUT2D eigenvalue weighted by atomic mass is 16.6. The first-order chi connectivity index (χ1) is 15.0. The van der Waals surface area contributed by atoms with Gasteiger partial charge in [0.15, 0.2) is 0 Å². The molecule has 0 aliphatic carbocycles. The predicted molar refractivity (Wildman–Crippen MR) is 116 cm³/mol. The van der Waals surface area contributed by atoms with Crippen molar-refractivity contribution in [2.75, 3.05) is 32.8 Å².